The van der Waals surface area contributed by atoms with Crippen molar-refractivity contribution < 1.29 is 28.1 Å². The third-order valence-corrected chi connectivity index (χ3v) is 9.06. The zero-order valence-corrected chi connectivity index (χ0v) is 20.5. The first-order chi connectivity index (χ1) is 15.6. The molecule has 6 nitrogen and oxygen atoms in total. The van der Waals surface area contributed by atoms with E-state index in [2.05, 4.69) is 0 Å². The molecule has 0 spiro atoms. The Labute approximate surface area is 199 Å². The van der Waals surface area contributed by atoms with Gasteiger partial charge in [0.15, 0.2) is 0 Å². The normalized spacial score (nSPS) is 23.1. The van der Waals surface area contributed by atoms with Gasteiger partial charge in [-0.3, -0.25) is 9.11 Å². The molecule has 180 valence electrons. The number of rotatable bonds is 8. The Morgan fingerprint density at radius 1 is 1.33 bits per heavy atom. The maximum Gasteiger partial charge on any atom is 0.331 e. The first kappa shape index (κ1) is 25.4. The van der Waals surface area contributed by atoms with Crippen molar-refractivity contribution in [3.63, 3.8) is 0 Å². The van der Waals surface area contributed by atoms with E-state index in [-0.39, 0.29) is 17.2 Å². The lowest BCUT2D eigenvalue weighted by molar-refractivity contribution is -0.131. The van der Waals surface area contributed by atoms with E-state index in [0.717, 1.165) is 30.9 Å². The monoisotopic (exact) mass is 495 g/mol. The van der Waals surface area contributed by atoms with Crippen molar-refractivity contribution in [1.82, 2.24) is 0 Å². The number of ether oxygens (including phenoxy) is 1. The summed E-state index contributed by atoms with van der Waals surface area (Å²) >= 11 is 1.37. The van der Waals surface area contributed by atoms with Crippen LogP contribution < -0.4 is 9.64 Å². The van der Waals surface area contributed by atoms with Crippen LogP contribution >= 0.6 is 22.4 Å². The van der Waals surface area contributed by atoms with Gasteiger partial charge in [0, 0.05) is 24.2 Å². The number of hydrogen-bond acceptors (Lipinski definition) is 6. The molecule has 3 N–H and O–H groups in total. The Kier molecular flexibility index (Phi) is 8.00. The molecule has 1 aliphatic heterocycles. The van der Waals surface area contributed by atoms with E-state index >= 15 is 4.39 Å². The summed E-state index contributed by atoms with van der Waals surface area (Å²) in [5.41, 5.74) is 1.32. The molecular formula is C24H30FNO5S2. The van der Waals surface area contributed by atoms with Crippen LogP contribution in [0.15, 0.2) is 64.6 Å². The summed E-state index contributed by atoms with van der Waals surface area (Å²) < 4.78 is 44.5. The van der Waals surface area contributed by atoms with Gasteiger partial charge in [0.05, 0.1) is 27.8 Å². The lowest BCUT2D eigenvalue weighted by Gasteiger charge is -2.45. The van der Waals surface area contributed by atoms with Gasteiger partial charge in [0.25, 0.3) is 0 Å². The largest absolute Gasteiger partial charge is 0.478 e. The predicted molar refractivity (Wildman–Crippen MR) is 133 cm³/mol. The summed E-state index contributed by atoms with van der Waals surface area (Å²) in [6.07, 6.45) is 5.83. The highest BCUT2D eigenvalue weighted by Crippen LogP contribution is 2.68. The number of hydrogen-bond donors (Lipinski definition) is 3. The number of nitrogens with zero attached hydrogens (tertiary/aromatic N) is 1. The van der Waals surface area contributed by atoms with E-state index in [0.29, 0.717) is 17.0 Å². The van der Waals surface area contributed by atoms with Gasteiger partial charge in [0.2, 0.25) is 5.00 Å². The van der Waals surface area contributed by atoms with Crippen molar-refractivity contribution in [3.05, 3.63) is 54.8 Å². The molecule has 2 aromatic carbocycles. The number of benzene rings is 2. The van der Waals surface area contributed by atoms with E-state index in [1.807, 2.05) is 48.4 Å². The minimum absolute atomic E-state index is 0.0480. The minimum atomic E-state index is -3.90. The van der Waals surface area contributed by atoms with Gasteiger partial charge < -0.3 is 14.7 Å². The molecule has 0 aromatic heterocycles. The Balaban J connectivity index is 2.23. The number of carbonyl (C=O) groups is 1. The molecule has 1 heterocycles. The summed E-state index contributed by atoms with van der Waals surface area (Å²) in [5.74, 6) is -1.57. The molecule has 0 radical (unpaired) electrons. The van der Waals surface area contributed by atoms with Gasteiger partial charge in [-0.25, -0.2) is 9.18 Å². The number of alkyl halides is 1. The zero-order chi connectivity index (χ0) is 24.2. The number of thioether (sulfide) groups is 1. The summed E-state index contributed by atoms with van der Waals surface area (Å²) in [6, 6.07) is 12.7. The maximum absolute atomic E-state index is 16.3. The number of carboxylic acids is 1. The summed E-state index contributed by atoms with van der Waals surface area (Å²) in [4.78, 5) is 13.5. The molecule has 0 fully saturated rings. The second-order valence-electron chi connectivity index (χ2n) is 8.05. The first-order valence-electron chi connectivity index (χ1n) is 10.7. The van der Waals surface area contributed by atoms with Crippen LogP contribution in [0.1, 0.15) is 33.1 Å². The minimum Gasteiger partial charge on any atom is -0.478 e. The van der Waals surface area contributed by atoms with E-state index in [1.165, 1.54) is 24.8 Å². The van der Waals surface area contributed by atoms with Crippen LogP contribution in [-0.2, 0) is 4.79 Å². The Bertz CT molecular complexity index is 1010. The Morgan fingerprint density at radius 2 is 2.03 bits per heavy atom. The van der Waals surface area contributed by atoms with Crippen LogP contribution in [0.2, 0.25) is 0 Å². The summed E-state index contributed by atoms with van der Waals surface area (Å²) in [6.45, 7) is 3.58. The van der Waals surface area contributed by atoms with Crippen molar-refractivity contribution in [2.75, 3.05) is 17.7 Å². The number of aliphatic carboxylic acids is 1. The zero-order valence-electron chi connectivity index (χ0n) is 18.9. The molecule has 9 heteroatoms. The van der Waals surface area contributed by atoms with Crippen LogP contribution in [0.4, 0.5) is 15.8 Å². The molecule has 0 saturated heterocycles. The highest BCUT2D eigenvalue weighted by Gasteiger charge is 2.51. The Hall–Kier alpha value is -2.20. The van der Waals surface area contributed by atoms with Gasteiger partial charge in [-0.1, -0.05) is 38.0 Å². The van der Waals surface area contributed by atoms with Gasteiger partial charge in [0.1, 0.15) is 5.75 Å². The number of para-hydroxylation sites is 1. The summed E-state index contributed by atoms with van der Waals surface area (Å²) in [7, 11) is -3.90. The third kappa shape index (κ3) is 5.16. The molecule has 33 heavy (non-hydrogen) atoms. The van der Waals surface area contributed by atoms with Gasteiger partial charge in [-0.05, 0) is 37.8 Å². The second kappa shape index (κ2) is 10.4. The topological polar surface area (TPSA) is 90.2 Å². The fraction of sp³-hybridized carbons (Fsp3) is 0.375. The molecule has 1 aliphatic rings. The molecule has 3 rings (SSSR count). The molecule has 0 amide bonds. The standard InChI is InChI=1S/C24H30FNO5S2/c1-4-5-9-17-16-26(18-10-7-6-8-11-18)19-14-21(32-3)20(31-13-12-23(27)28)15-22(19)33(29,30)24(17,2)25/h6-8,10-15,17,29-30H,4-5,9,16H2,1-3H3,(H,27,28)/b13-12+. The third-order valence-electron chi connectivity index (χ3n) is 5.91. The molecule has 2 unspecified atom stereocenters. The first-order valence-corrected chi connectivity index (χ1v) is 13.5. The predicted octanol–water partition coefficient (Wildman–Crippen LogP) is 7.14. The average molecular weight is 496 g/mol. The maximum atomic E-state index is 16.3. The lowest BCUT2D eigenvalue weighted by atomic mass is 9.96. The molecule has 0 bridgehead atoms. The fourth-order valence-corrected chi connectivity index (χ4v) is 6.32. The summed E-state index contributed by atoms with van der Waals surface area (Å²) in [5, 5.41) is 6.59. The van der Waals surface area contributed by atoms with Crippen molar-refractivity contribution in [2.45, 2.75) is 47.9 Å². The fourth-order valence-electron chi connectivity index (χ4n) is 3.97. The van der Waals surface area contributed by atoms with Crippen molar-refractivity contribution in [2.24, 2.45) is 5.92 Å². The smallest absolute Gasteiger partial charge is 0.331 e. The SMILES string of the molecule is CCCCC1CN(c2ccccc2)c2cc(SC)c(O/C=C/C(=O)O)cc2S(O)(O)C1(C)F. The van der Waals surface area contributed by atoms with Gasteiger partial charge >= 0.3 is 5.97 Å². The number of fused-ring (bicyclic) bond motifs is 1. The van der Waals surface area contributed by atoms with Crippen LogP contribution in [0.5, 0.6) is 5.75 Å². The van der Waals surface area contributed by atoms with E-state index < -0.39 is 27.5 Å². The number of unbranched alkanes of at least 4 members (excludes halogenated alkanes) is 1. The highest BCUT2D eigenvalue weighted by molar-refractivity contribution is 8.25. The highest BCUT2D eigenvalue weighted by atomic mass is 32.3. The van der Waals surface area contributed by atoms with Crippen LogP contribution in [0, 0.1) is 5.92 Å². The van der Waals surface area contributed by atoms with E-state index in [9.17, 15) is 13.9 Å². The quantitative estimate of drug-likeness (QED) is 0.204. The number of halogens is 1. The van der Waals surface area contributed by atoms with Gasteiger partial charge in [-0.15, -0.1) is 22.4 Å². The average Bonchev–Trinajstić information content (AvgIpc) is 2.84. The van der Waals surface area contributed by atoms with E-state index in [4.69, 9.17) is 9.84 Å². The number of anilines is 2. The molecule has 2 aromatic rings. The van der Waals surface area contributed by atoms with Crippen LogP contribution in [-0.4, -0.2) is 38.0 Å². The van der Waals surface area contributed by atoms with E-state index in [1.54, 1.807) is 6.07 Å². The van der Waals surface area contributed by atoms with Crippen molar-refractivity contribution >= 4 is 39.7 Å². The van der Waals surface area contributed by atoms with Crippen LogP contribution in [0.3, 0.4) is 0 Å². The van der Waals surface area contributed by atoms with Crippen molar-refractivity contribution in [3.8, 4) is 5.75 Å². The molecular weight excluding hydrogens is 465 g/mol. The Morgan fingerprint density at radius 3 is 2.64 bits per heavy atom. The lowest BCUT2D eigenvalue weighted by Crippen LogP contribution is -2.39. The van der Waals surface area contributed by atoms with Crippen LogP contribution in [0.25, 0.3) is 0 Å². The number of carboxylic acid groups (broad SMARTS) is 1. The second-order valence-corrected chi connectivity index (χ2v) is 11.2. The van der Waals surface area contributed by atoms with Crippen molar-refractivity contribution in [1.29, 1.82) is 0 Å². The molecule has 0 aliphatic carbocycles. The molecule has 0 saturated carbocycles. The molecule has 2 atom stereocenters. The van der Waals surface area contributed by atoms with Gasteiger partial charge in [-0.2, -0.15) is 0 Å².